The molecule has 1 aliphatic carbocycles. The molecule has 0 bridgehead atoms. The van der Waals surface area contributed by atoms with Gasteiger partial charge in [0, 0.05) is 25.6 Å². The molecule has 0 unspecified atom stereocenters. The first kappa shape index (κ1) is 20.5. The maximum atomic E-state index is 12.3. The van der Waals surface area contributed by atoms with Crippen LogP contribution in [0.1, 0.15) is 38.5 Å². The molecule has 3 rings (SSSR count). The van der Waals surface area contributed by atoms with Crippen molar-refractivity contribution >= 4 is 11.8 Å². The van der Waals surface area contributed by atoms with E-state index in [0.29, 0.717) is 26.3 Å². The van der Waals surface area contributed by atoms with Gasteiger partial charge in [-0.3, -0.25) is 14.5 Å². The number of rotatable bonds is 8. The van der Waals surface area contributed by atoms with Gasteiger partial charge >= 0.3 is 0 Å². The highest BCUT2D eigenvalue weighted by Crippen LogP contribution is 2.26. The molecule has 2 heterocycles. The van der Waals surface area contributed by atoms with Crippen LogP contribution < -0.4 is 10.6 Å². The summed E-state index contributed by atoms with van der Waals surface area (Å²) in [4.78, 5) is 26.2. The molecule has 0 radical (unpaired) electrons. The van der Waals surface area contributed by atoms with E-state index < -0.39 is 0 Å². The molecule has 2 saturated heterocycles. The molecule has 3 aliphatic rings. The molecule has 8 nitrogen and oxygen atoms in total. The summed E-state index contributed by atoms with van der Waals surface area (Å²) >= 11 is 0. The number of hydrogen-bond donors (Lipinski definition) is 3. The van der Waals surface area contributed by atoms with Gasteiger partial charge in [-0.05, 0) is 32.1 Å². The second-order valence-electron chi connectivity index (χ2n) is 7.83. The minimum atomic E-state index is -0.389. The quantitative estimate of drug-likeness (QED) is 0.530. The fourth-order valence-electron chi connectivity index (χ4n) is 3.90. The van der Waals surface area contributed by atoms with Crippen LogP contribution >= 0.6 is 0 Å². The van der Waals surface area contributed by atoms with Crippen molar-refractivity contribution in [2.45, 2.75) is 56.8 Å². The van der Waals surface area contributed by atoms with Gasteiger partial charge in [0.15, 0.2) is 0 Å². The number of nitrogens with one attached hydrogen (secondary N) is 2. The monoisotopic (exact) mass is 383 g/mol. The van der Waals surface area contributed by atoms with Crippen molar-refractivity contribution < 1.29 is 24.2 Å². The third kappa shape index (κ3) is 6.14. The molecule has 0 aromatic heterocycles. The van der Waals surface area contributed by atoms with Crippen LogP contribution in [0.4, 0.5) is 0 Å². The van der Waals surface area contributed by atoms with Gasteiger partial charge in [-0.15, -0.1) is 0 Å². The molecule has 154 valence electrons. The molecule has 3 fully saturated rings. The summed E-state index contributed by atoms with van der Waals surface area (Å²) in [5.41, 5.74) is 0. The Balaban J connectivity index is 1.35. The van der Waals surface area contributed by atoms with Crippen molar-refractivity contribution in [3.8, 4) is 0 Å². The number of nitrogens with zero attached hydrogens (tertiary/aromatic N) is 1. The number of hydrogen-bond acceptors (Lipinski definition) is 6. The van der Waals surface area contributed by atoms with E-state index in [-0.39, 0.29) is 42.6 Å². The highest BCUT2D eigenvalue weighted by atomic mass is 16.5. The average Bonchev–Trinajstić information content (AvgIpc) is 2.62. The molecule has 3 N–H and O–H groups in total. The van der Waals surface area contributed by atoms with Crippen LogP contribution in [0, 0.1) is 5.92 Å². The van der Waals surface area contributed by atoms with E-state index in [9.17, 15) is 14.7 Å². The molecule has 2 aliphatic heterocycles. The first-order valence-corrected chi connectivity index (χ1v) is 10.3. The first-order chi connectivity index (χ1) is 13.2. The third-order valence-corrected chi connectivity index (χ3v) is 5.85. The van der Waals surface area contributed by atoms with Crippen LogP contribution in [0.2, 0.25) is 0 Å². The average molecular weight is 383 g/mol. The highest BCUT2D eigenvalue weighted by molar-refractivity contribution is 5.79. The summed E-state index contributed by atoms with van der Waals surface area (Å²) in [6.45, 7) is 3.71. The minimum Gasteiger partial charge on any atom is -0.394 e. The van der Waals surface area contributed by atoms with Crippen molar-refractivity contribution in [3.63, 3.8) is 0 Å². The normalized spacial score (nSPS) is 29.7. The van der Waals surface area contributed by atoms with E-state index >= 15 is 0 Å². The van der Waals surface area contributed by atoms with Gasteiger partial charge in [0.1, 0.15) is 6.10 Å². The van der Waals surface area contributed by atoms with E-state index in [1.54, 1.807) is 0 Å². The van der Waals surface area contributed by atoms with Gasteiger partial charge in [-0.2, -0.15) is 0 Å². The standard InChI is InChI=1S/C19H33N3O5/c23-13-17-16(21-18(24)12-22-8-10-26-11-9-22)5-4-15(27-17)6-7-20-19(25)14-2-1-3-14/h14-17,23H,1-13H2,(H,20,25)(H,21,24)/t15-,16-,17+/m1/s1. The highest BCUT2D eigenvalue weighted by Gasteiger charge is 2.32. The Labute approximate surface area is 160 Å². The predicted octanol–water partition coefficient (Wildman–Crippen LogP) is -0.350. The number of aliphatic hydroxyl groups excluding tert-OH is 1. The number of carbonyl (C=O) groups excluding carboxylic acids is 2. The molecule has 0 spiro atoms. The number of carbonyl (C=O) groups is 2. The van der Waals surface area contributed by atoms with Crippen LogP contribution in [0.15, 0.2) is 0 Å². The Kier molecular flexibility index (Phi) is 7.87. The minimum absolute atomic E-state index is 0.0104. The molecule has 1 saturated carbocycles. The van der Waals surface area contributed by atoms with Gasteiger partial charge < -0.3 is 25.2 Å². The SMILES string of the molecule is O=C(CN1CCOCC1)N[C@@H]1CC[C@H](CCNC(=O)C2CCC2)O[C@H]1CO. The summed E-state index contributed by atoms with van der Waals surface area (Å²) in [5.74, 6) is 0.327. The smallest absolute Gasteiger partial charge is 0.234 e. The summed E-state index contributed by atoms with van der Waals surface area (Å²) in [6.07, 6.45) is 5.12. The van der Waals surface area contributed by atoms with E-state index in [1.807, 2.05) is 0 Å². The van der Waals surface area contributed by atoms with Crippen LogP contribution in [0.5, 0.6) is 0 Å². The van der Waals surface area contributed by atoms with Gasteiger partial charge in [-0.25, -0.2) is 0 Å². The molecule has 27 heavy (non-hydrogen) atoms. The lowest BCUT2D eigenvalue weighted by Gasteiger charge is -2.37. The van der Waals surface area contributed by atoms with Gasteiger partial charge in [0.2, 0.25) is 11.8 Å². The molecule has 0 aromatic rings. The molecule has 8 heteroatoms. The second-order valence-corrected chi connectivity index (χ2v) is 7.83. The van der Waals surface area contributed by atoms with Gasteiger partial charge in [-0.1, -0.05) is 6.42 Å². The maximum Gasteiger partial charge on any atom is 0.234 e. The number of morpholine rings is 1. The Morgan fingerprint density at radius 3 is 2.56 bits per heavy atom. The number of aliphatic hydroxyl groups is 1. The fourth-order valence-corrected chi connectivity index (χ4v) is 3.90. The van der Waals surface area contributed by atoms with Crippen LogP contribution in [0.25, 0.3) is 0 Å². The van der Waals surface area contributed by atoms with Crippen molar-refractivity contribution in [2.24, 2.45) is 5.92 Å². The van der Waals surface area contributed by atoms with E-state index in [4.69, 9.17) is 9.47 Å². The third-order valence-electron chi connectivity index (χ3n) is 5.85. The van der Waals surface area contributed by atoms with E-state index in [1.165, 1.54) is 0 Å². The van der Waals surface area contributed by atoms with E-state index in [0.717, 1.165) is 51.6 Å². The summed E-state index contributed by atoms with van der Waals surface area (Å²) < 4.78 is 11.3. The lowest BCUT2D eigenvalue weighted by Crippen LogP contribution is -2.53. The largest absolute Gasteiger partial charge is 0.394 e. The van der Waals surface area contributed by atoms with Gasteiger partial charge in [0.25, 0.3) is 0 Å². The van der Waals surface area contributed by atoms with Crippen molar-refractivity contribution in [2.75, 3.05) is 46.0 Å². The zero-order valence-electron chi connectivity index (χ0n) is 16.0. The Bertz CT molecular complexity index is 494. The Morgan fingerprint density at radius 1 is 1.11 bits per heavy atom. The fraction of sp³-hybridized carbons (Fsp3) is 0.895. The predicted molar refractivity (Wildman–Crippen MR) is 99.1 cm³/mol. The van der Waals surface area contributed by atoms with Crippen LogP contribution in [-0.2, 0) is 19.1 Å². The lowest BCUT2D eigenvalue weighted by molar-refractivity contribution is -0.131. The topological polar surface area (TPSA) is 100 Å². The molecule has 3 atom stereocenters. The summed E-state index contributed by atoms with van der Waals surface area (Å²) in [7, 11) is 0. The molecule has 2 amide bonds. The summed E-state index contributed by atoms with van der Waals surface area (Å²) in [6, 6.07) is -0.163. The number of ether oxygens (including phenoxy) is 2. The zero-order valence-corrected chi connectivity index (χ0v) is 16.0. The molecule has 0 aromatic carbocycles. The second kappa shape index (κ2) is 10.4. The van der Waals surface area contributed by atoms with Gasteiger partial charge in [0.05, 0.1) is 38.5 Å². The van der Waals surface area contributed by atoms with Crippen molar-refractivity contribution in [3.05, 3.63) is 0 Å². The summed E-state index contributed by atoms with van der Waals surface area (Å²) in [5, 5.41) is 15.7. The van der Waals surface area contributed by atoms with Crippen LogP contribution in [-0.4, -0.2) is 86.1 Å². The Morgan fingerprint density at radius 2 is 1.89 bits per heavy atom. The molecular formula is C19H33N3O5. The molecular weight excluding hydrogens is 350 g/mol. The Hall–Kier alpha value is -1.22. The lowest BCUT2D eigenvalue weighted by atomic mass is 9.85. The zero-order chi connectivity index (χ0) is 19.1. The maximum absolute atomic E-state index is 12.3. The first-order valence-electron chi connectivity index (χ1n) is 10.3. The van der Waals surface area contributed by atoms with Crippen LogP contribution in [0.3, 0.4) is 0 Å². The number of amides is 2. The van der Waals surface area contributed by atoms with Crippen molar-refractivity contribution in [1.82, 2.24) is 15.5 Å². The van der Waals surface area contributed by atoms with Crippen molar-refractivity contribution in [1.29, 1.82) is 0 Å². The van der Waals surface area contributed by atoms with E-state index in [2.05, 4.69) is 15.5 Å².